The summed E-state index contributed by atoms with van der Waals surface area (Å²) in [5.74, 6) is 2.80. The monoisotopic (exact) mass is 317 g/mol. The first-order valence-corrected chi connectivity index (χ1v) is 8.83. The molecule has 1 fully saturated rings. The van der Waals surface area contributed by atoms with Crippen LogP contribution in [0.4, 0.5) is 5.82 Å². The van der Waals surface area contributed by atoms with Crippen LogP contribution in [-0.4, -0.2) is 49.1 Å². The van der Waals surface area contributed by atoms with Crippen molar-refractivity contribution in [2.75, 3.05) is 38.1 Å². The number of piperidine rings is 1. The van der Waals surface area contributed by atoms with Crippen LogP contribution in [0.1, 0.15) is 39.2 Å². The van der Waals surface area contributed by atoms with Gasteiger partial charge in [-0.15, -0.1) is 0 Å². The Balaban J connectivity index is 1.91. The third-order valence-electron chi connectivity index (χ3n) is 4.52. The van der Waals surface area contributed by atoms with Crippen molar-refractivity contribution in [3.8, 4) is 0 Å². The van der Waals surface area contributed by atoms with Gasteiger partial charge in [-0.25, -0.2) is 4.98 Å². The maximum atomic E-state index is 4.58. The Kier molecular flexibility index (Phi) is 6.68. The van der Waals surface area contributed by atoms with Gasteiger partial charge in [0.25, 0.3) is 0 Å². The van der Waals surface area contributed by atoms with Gasteiger partial charge in [0.1, 0.15) is 5.82 Å². The number of nitrogens with one attached hydrogen (secondary N) is 1. The first-order chi connectivity index (χ1) is 11.2. The number of hydrogen-bond acceptors (Lipinski definition) is 3. The summed E-state index contributed by atoms with van der Waals surface area (Å²) in [5, 5.41) is 3.47. The van der Waals surface area contributed by atoms with Gasteiger partial charge in [-0.2, -0.15) is 0 Å². The molecule has 0 saturated carbocycles. The molecule has 1 aromatic rings. The van der Waals surface area contributed by atoms with Crippen LogP contribution in [0, 0.1) is 5.92 Å². The highest BCUT2D eigenvalue weighted by atomic mass is 15.3. The SMILES string of the molecule is CCN(CC)c1ccc(CNC(=NC)N2CCCC(C)C2)cn1. The van der Waals surface area contributed by atoms with Crippen LogP contribution >= 0.6 is 0 Å². The van der Waals surface area contributed by atoms with Crippen LogP contribution in [0.2, 0.25) is 0 Å². The highest BCUT2D eigenvalue weighted by Crippen LogP contribution is 2.15. The lowest BCUT2D eigenvalue weighted by Crippen LogP contribution is -2.45. The van der Waals surface area contributed by atoms with Gasteiger partial charge >= 0.3 is 0 Å². The summed E-state index contributed by atoms with van der Waals surface area (Å²) in [7, 11) is 1.86. The van der Waals surface area contributed by atoms with E-state index in [2.05, 4.69) is 58.0 Å². The number of aliphatic imine (C=N–C) groups is 1. The van der Waals surface area contributed by atoms with E-state index < -0.39 is 0 Å². The lowest BCUT2D eigenvalue weighted by molar-refractivity contribution is 0.266. The summed E-state index contributed by atoms with van der Waals surface area (Å²) in [6.45, 7) is 11.6. The molecule has 5 heteroatoms. The van der Waals surface area contributed by atoms with Crippen molar-refractivity contribution in [3.05, 3.63) is 23.9 Å². The lowest BCUT2D eigenvalue weighted by Gasteiger charge is -2.33. The molecule has 1 unspecified atom stereocenters. The molecule has 1 aliphatic rings. The molecule has 1 saturated heterocycles. The second-order valence-corrected chi connectivity index (χ2v) is 6.29. The molecular formula is C18H31N5. The number of likely N-dealkylation sites (tertiary alicyclic amines) is 1. The van der Waals surface area contributed by atoms with E-state index in [1.165, 1.54) is 18.4 Å². The standard InChI is InChI=1S/C18H31N5/c1-5-22(6-2)17-10-9-16(12-20-17)13-21-18(19-4)23-11-7-8-15(3)14-23/h9-10,12,15H,5-8,11,13-14H2,1-4H3,(H,19,21). The maximum absolute atomic E-state index is 4.58. The van der Waals surface area contributed by atoms with E-state index in [9.17, 15) is 0 Å². The van der Waals surface area contributed by atoms with Crippen molar-refractivity contribution in [1.29, 1.82) is 0 Å². The molecule has 2 rings (SSSR count). The number of pyridine rings is 1. The number of rotatable bonds is 5. The highest BCUT2D eigenvalue weighted by molar-refractivity contribution is 5.79. The highest BCUT2D eigenvalue weighted by Gasteiger charge is 2.18. The Labute approximate surface area is 140 Å². The summed E-state index contributed by atoms with van der Waals surface area (Å²) in [6.07, 6.45) is 4.54. The number of aromatic nitrogens is 1. The van der Waals surface area contributed by atoms with Crippen molar-refractivity contribution in [2.45, 2.75) is 40.2 Å². The van der Waals surface area contributed by atoms with E-state index in [0.717, 1.165) is 50.4 Å². The second-order valence-electron chi connectivity index (χ2n) is 6.29. The lowest BCUT2D eigenvalue weighted by atomic mass is 10.0. The number of anilines is 1. The van der Waals surface area contributed by atoms with Gasteiger partial charge in [-0.05, 0) is 44.2 Å². The number of hydrogen-bond donors (Lipinski definition) is 1. The van der Waals surface area contributed by atoms with Crippen LogP contribution in [0.25, 0.3) is 0 Å². The molecule has 1 aliphatic heterocycles. The molecule has 1 aromatic heterocycles. The number of guanidine groups is 1. The van der Waals surface area contributed by atoms with Gasteiger partial charge in [0.05, 0.1) is 0 Å². The minimum absolute atomic E-state index is 0.748. The Morgan fingerprint density at radius 1 is 1.39 bits per heavy atom. The molecule has 0 aromatic carbocycles. The Morgan fingerprint density at radius 2 is 2.17 bits per heavy atom. The molecule has 128 valence electrons. The van der Waals surface area contributed by atoms with Gasteiger partial charge in [0.15, 0.2) is 5.96 Å². The van der Waals surface area contributed by atoms with E-state index in [-0.39, 0.29) is 0 Å². The van der Waals surface area contributed by atoms with E-state index in [0.29, 0.717) is 0 Å². The topological polar surface area (TPSA) is 43.8 Å². The molecule has 0 amide bonds. The summed E-state index contributed by atoms with van der Waals surface area (Å²) in [6, 6.07) is 4.26. The summed E-state index contributed by atoms with van der Waals surface area (Å²) < 4.78 is 0. The average molecular weight is 317 g/mol. The van der Waals surface area contributed by atoms with Gasteiger partial charge in [0.2, 0.25) is 0 Å². The Hall–Kier alpha value is -1.78. The molecule has 1 N–H and O–H groups in total. The largest absolute Gasteiger partial charge is 0.357 e. The van der Waals surface area contributed by atoms with Crippen molar-refractivity contribution < 1.29 is 0 Å². The van der Waals surface area contributed by atoms with E-state index in [1.807, 2.05) is 13.2 Å². The van der Waals surface area contributed by atoms with Crippen molar-refractivity contribution in [3.63, 3.8) is 0 Å². The first kappa shape index (κ1) is 17.6. The van der Waals surface area contributed by atoms with Crippen molar-refractivity contribution >= 4 is 11.8 Å². The van der Waals surface area contributed by atoms with Gasteiger partial charge in [0, 0.05) is 46.0 Å². The minimum Gasteiger partial charge on any atom is -0.357 e. The van der Waals surface area contributed by atoms with Gasteiger partial charge in [-0.3, -0.25) is 4.99 Å². The molecule has 2 heterocycles. The predicted molar refractivity (Wildman–Crippen MR) is 98.0 cm³/mol. The fourth-order valence-electron chi connectivity index (χ4n) is 3.15. The average Bonchev–Trinajstić information content (AvgIpc) is 2.58. The number of nitrogens with zero attached hydrogens (tertiary/aromatic N) is 4. The Morgan fingerprint density at radius 3 is 2.74 bits per heavy atom. The fraction of sp³-hybridized carbons (Fsp3) is 0.667. The third-order valence-corrected chi connectivity index (χ3v) is 4.52. The third kappa shape index (κ3) is 4.85. The summed E-state index contributed by atoms with van der Waals surface area (Å²) >= 11 is 0. The fourth-order valence-corrected chi connectivity index (χ4v) is 3.15. The molecule has 0 aliphatic carbocycles. The first-order valence-electron chi connectivity index (χ1n) is 8.83. The molecule has 0 radical (unpaired) electrons. The maximum Gasteiger partial charge on any atom is 0.193 e. The smallest absolute Gasteiger partial charge is 0.193 e. The normalized spacial score (nSPS) is 18.9. The Bertz CT molecular complexity index is 493. The van der Waals surface area contributed by atoms with E-state index in [1.54, 1.807) is 0 Å². The molecular weight excluding hydrogens is 286 g/mol. The van der Waals surface area contributed by atoms with E-state index >= 15 is 0 Å². The second kappa shape index (κ2) is 8.75. The predicted octanol–water partition coefficient (Wildman–Crippen LogP) is 2.74. The van der Waals surface area contributed by atoms with Gasteiger partial charge < -0.3 is 15.1 Å². The van der Waals surface area contributed by atoms with Crippen molar-refractivity contribution in [2.24, 2.45) is 10.9 Å². The quantitative estimate of drug-likeness (QED) is 0.670. The minimum atomic E-state index is 0.748. The molecule has 23 heavy (non-hydrogen) atoms. The van der Waals surface area contributed by atoms with Crippen LogP contribution in [0.3, 0.4) is 0 Å². The van der Waals surface area contributed by atoms with Crippen LogP contribution in [0.15, 0.2) is 23.3 Å². The zero-order valence-electron chi connectivity index (χ0n) is 15.0. The zero-order valence-corrected chi connectivity index (χ0v) is 15.0. The zero-order chi connectivity index (χ0) is 16.7. The molecule has 5 nitrogen and oxygen atoms in total. The summed E-state index contributed by atoms with van der Waals surface area (Å²) in [4.78, 5) is 13.6. The molecule has 0 spiro atoms. The van der Waals surface area contributed by atoms with Crippen LogP contribution in [-0.2, 0) is 6.54 Å². The van der Waals surface area contributed by atoms with Crippen LogP contribution in [0.5, 0.6) is 0 Å². The van der Waals surface area contributed by atoms with Crippen molar-refractivity contribution in [1.82, 2.24) is 15.2 Å². The molecule has 1 atom stereocenters. The molecule has 0 bridgehead atoms. The van der Waals surface area contributed by atoms with Gasteiger partial charge in [-0.1, -0.05) is 13.0 Å². The van der Waals surface area contributed by atoms with Crippen LogP contribution < -0.4 is 10.2 Å². The van der Waals surface area contributed by atoms with E-state index in [4.69, 9.17) is 0 Å². The summed E-state index contributed by atoms with van der Waals surface area (Å²) in [5.41, 5.74) is 1.19.